The second-order valence-electron chi connectivity index (χ2n) is 4.61. The van der Waals surface area contributed by atoms with Gasteiger partial charge in [-0.3, -0.25) is 0 Å². The third kappa shape index (κ3) is 3.51. The minimum absolute atomic E-state index is 0.174. The van der Waals surface area contributed by atoms with E-state index in [1.165, 1.54) is 12.1 Å². The molecular weight excluding hydrogens is 219 g/mol. The van der Waals surface area contributed by atoms with Crippen LogP contribution in [0.2, 0.25) is 0 Å². The van der Waals surface area contributed by atoms with Crippen LogP contribution in [-0.2, 0) is 4.74 Å². The molecule has 0 saturated carbocycles. The molecule has 0 bridgehead atoms. The predicted octanol–water partition coefficient (Wildman–Crippen LogP) is 3.23. The fourth-order valence-electron chi connectivity index (χ4n) is 1.95. The molecule has 0 saturated heterocycles. The molecule has 2 unspecified atom stereocenters. The second-order valence-corrected chi connectivity index (χ2v) is 4.61. The first-order valence-corrected chi connectivity index (χ1v) is 6.03. The first-order valence-electron chi connectivity index (χ1n) is 6.03. The molecule has 2 nitrogen and oxygen atoms in total. The Bertz CT molecular complexity index is 363. The van der Waals surface area contributed by atoms with E-state index in [1.807, 2.05) is 27.7 Å². The Kier molecular flexibility index (Phi) is 5.09. The third-order valence-electron chi connectivity index (χ3n) is 2.89. The molecule has 1 aromatic carbocycles. The standard InChI is InChI=1S/C14H21FO2/c1-5-17-14(9(2)3)13(16)12-8-11(15)7-6-10(12)4/h6-9,13-14,16H,5H2,1-4H3. The Morgan fingerprint density at radius 1 is 1.35 bits per heavy atom. The van der Waals surface area contributed by atoms with E-state index < -0.39 is 6.10 Å². The summed E-state index contributed by atoms with van der Waals surface area (Å²) in [5, 5.41) is 10.3. The van der Waals surface area contributed by atoms with Gasteiger partial charge in [0, 0.05) is 6.61 Å². The van der Waals surface area contributed by atoms with Crippen LogP contribution in [-0.4, -0.2) is 17.8 Å². The summed E-state index contributed by atoms with van der Waals surface area (Å²) in [6.07, 6.45) is -1.09. The molecule has 0 amide bonds. The van der Waals surface area contributed by atoms with Crippen LogP contribution in [0.15, 0.2) is 18.2 Å². The summed E-state index contributed by atoms with van der Waals surface area (Å²) in [5.41, 5.74) is 1.49. The van der Waals surface area contributed by atoms with Crippen molar-refractivity contribution >= 4 is 0 Å². The van der Waals surface area contributed by atoms with Crippen molar-refractivity contribution in [3.05, 3.63) is 35.1 Å². The summed E-state index contributed by atoms with van der Waals surface area (Å²) in [4.78, 5) is 0. The predicted molar refractivity (Wildman–Crippen MR) is 66.3 cm³/mol. The van der Waals surface area contributed by atoms with Crippen molar-refractivity contribution in [3.8, 4) is 0 Å². The molecule has 96 valence electrons. The van der Waals surface area contributed by atoms with Gasteiger partial charge in [0.05, 0.1) is 6.10 Å². The number of halogens is 1. The molecule has 0 heterocycles. The lowest BCUT2D eigenvalue weighted by atomic mass is 9.93. The summed E-state index contributed by atoms with van der Waals surface area (Å²) in [6, 6.07) is 4.46. The van der Waals surface area contributed by atoms with Crippen molar-refractivity contribution < 1.29 is 14.2 Å². The minimum atomic E-state index is -0.786. The SMILES string of the molecule is CCOC(C(C)C)C(O)c1cc(F)ccc1C. The lowest BCUT2D eigenvalue weighted by Crippen LogP contribution is -2.28. The maximum atomic E-state index is 13.2. The van der Waals surface area contributed by atoms with Crippen molar-refractivity contribution in [3.63, 3.8) is 0 Å². The molecule has 1 N–H and O–H groups in total. The molecule has 17 heavy (non-hydrogen) atoms. The largest absolute Gasteiger partial charge is 0.386 e. The molecule has 0 aromatic heterocycles. The number of aliphatic hydroxyl groups is 1. The van der Waals surface area contributed by atoms with E-state index in [-0.39, 0.29) is 17.8 Å². The van der Waals surface area contributed by atoms with Gasteiger partial charge < -0.3 is 9.84 Å². The smallest absolute Gasteiger partial charge is 0.123 e. The molecule has 1 aromatic rings. The van der Waals surface area contributed by atoms with Gasteiger partial charge in [0.25, 0.3) is 0 Å². The Morgan fingerprint density at radius 2 is 2.00 bits per heavy atom. The molecular formula is C14H21FO2. The summed E-state index contributed by atoms with van der Waals surface area (Å²) in [6.45, 7) is 8.26. The van der Waals surface area contributed by atoms with Crippen LogP contribution >= 0.6 is 0 Å². The zero-order valence-electron chi connectivity index (χ0n) is 10.9. The molecule has 0 fully saturated rings. The third-order valence-corrected chi connectivity index (χ3v) is 2.89. The molecule has 0 aliphatic carbocycles. The summed E-state index contributed by atoms with van der Waals surface area (Å²) >= 11 is 0. The zero-order chi connectivity index (χ0) is 13.0. The van der Waals surface area contributed by atoms with Gasteiger partial charge in [0.1, 0.15) is 11.9 Å². The molecule has 0 aliphatic heterocycles. The highest BCUT2D eigenvalue weighted by atomic mass is 19.1. The zero-order valence-corrected chi connectivity index (χ0v) is 10.9. The van der Waals surface area contributed by atoms with E-state index in [9.17, 15) is 9.50 Å². The second kappa shape index (κ2) is 6.12. The van der Waals surface area contributed by atoms with Gasteiger partial charge in [-0.2, -0.15) is 0 Å². The molecule has 3 heteroatoms. The maximum Gasteiger partial charge on any atom is 0.123 e. The maximum absolute atomic E-state index is 13.2. The Balaban J connectivity index is 2.99. The first kappa shape index (κ1) is 14.1. The van der Waals surface area contributed by atoms with Gasteiger partial charge in [-0.15, -0.1) is 0 Å². The van der Waals surface area contributed by atoms with Crippen molar-refractivity contribution in [1.82, 2.24) is 0 Å². The number of aryl methyl sites for hydroxylation is 1. The van der Waals surface area contributed by atoms with E-state index in [0.29, 0.717) is 12.2 Å². The van der Waals surface area contributed by atoms with Crippen molar-refractivity contribution in [1.29, 1.82) is 0 Å². The van der Waals surface area contributed by atoms with Gasteiger partial charge in [-0.1, -0.05) is 19.9 Å². The van der Waals surface area contributed by atoms with Gasteiger partial charge in [0.15, 0.2) is 0 Å². The lowest BCUT2D eigenvalue weighted by Gasteiger charge is -2.27. The number of benzene rings is 1. The van der Waals surface area contributed by atoms with E-state index >= 15 is 0 Å². The average Bonchev–Trinajstić information content (AvgIpc) is 2.28. The van der Waals surface area contributed by atoms with Gasteiger partial charge in [-0.25, -0.2) is 4.39 Å². The number of aliphatic hydroxyl groups excluding tert-OH is 1. The Hall–Kier alpha value is -0.930. The number of hydrogen-bond donors (Lipinski definition) is 1. The van der Waals surface area contributed by atoms with Crippen molar-refractivity contribution in [2.24, 2.45) is 5.92 Å². The highest BCUT2D eigenvalue weighted by molar-refractivity contribution is 5.29. The molecule has 1 rings (SSSR count). The fourth-order valence-corrected chi connectivity index (χ4v) is 1.95. The molecule has 0 radical (unpaired) electrons. The quantitative estimate of drug-likeness (QED) is 0.856. The molecule has 2 atom stereocenters. The first-order chi connectivity index (χ1) is 7.97. The topological polar surface area (TPSA) is 29.5 Å². The summed E-state index contributed by atoms with van der Waals surface area (Å²) < 4.78 is 18.7. The Morgan fingerprint density at radius 3 is 2.53 bits per heavy atom. The minimum Gasteiger partial charge on any atom is -0.386 e. The highest BCUT2D eigenvalue weighted by Gasteiger charge is 2.25. The van der Waals surface area contributed by atoms with E-state index in [2.05, 4.69) is 0 Å². The van der Waals surface area contributed by atoms with Crippen molar-refractivity contribution in [2.75, 3.05) is 6.61 Å². The molecule has 0 spiro atoms. The highest BCUT2D eigenvalue weighted by Crippen LogP contribution is 2.27. The van der Waals surface area contributed by atoms with Crippen LogP contribution in [0.5, 0.6) is 0 Å². The Labute approximate surface area is 102 Å². The monoisotopic (exact) mass is 240 g/mol. The van der Waals surface area contributed by atoms with E-state index in [1.54, 1.807) is 6.07 Å². The van der Waals surface area contributed by atoms with Crippen LogP contribution in [0.25, 0.3) is 0 Å². The summed E-state index contributed by atoms with van der Waals surface area (Å²) in [5.74, 6) is -0.156. The number of rotatable bonds is 5. The van der Waals surface area contributed by atoms with Gasteiger partial charge >= 0.3 is 0 Å². The van der Waals surface area contributed by atoms with Crippen LogP contribution in [0, 0.1) is 18.7 Å². The van der Waals surface area contributed by atoms with Crippen LogP contribution in [0.3, 0.4) is 0 Å². The molecule has 0 aliphatic rings. The van der Waals surface area contributed by atoms with Crippen LogP contribution < -0.4 is 0 Å². The van der Waals surface area contributed by atoms with Crippen LogP contribution in [0.1, 0.15) is 38.0 Å². The van der Waals surface area contributed by atoms with E-state index in [4.69, 9.17) is 4.74 Å². The van der Waals surface area contributed by atoms with E-state index in [0.717, 1.165) is 5.56 Å². The number of hydrogen-bond acceptors (Lipinski definition) is 2. The summed E-state index contributed by atoms with van der Waals surface area (Å²) in [7, 11) is 0. The normalized spacial score (nSPS) is 15.0. The van der Waals surface area contributed by atoms with Crippen molar-refractivity contribution in [2.45, 2.75) is 39.9 Å². The van der Waals surface area contributed by atoms with Gasteiger partial charge in [0.2, 0.25) is 0 Å². The fraction of sp³-hybridized carbons (Fsp3) is 0.571. The van der Waals surface area contributed by atoms with Gasteiger partial charge in [-0.05, 0) is 43.0 Å². The lowest BCUT2D eigenvalue weighted by molar-refractivity contribution is -0.0588. The average molecular weight is 240 g/mol. The van der Waals surface area contributed by atoms with Crippen LogP contribution in [0.4, 0.5) is 4.39 Å². The number of ether oxygens (including phenoxy) is 1.